The van der Waals surface area contributed by atoms with Crippen LogP contribution >= 0.6 is 0 Å². The molecule has 0 atom stereocenters. The van der Waals surface area contributed by atoms with Crippen LogP contribution in [0.4, 0.5) is 0 Å². The Kier molecular flexibility index (Phi) is 7.89. The zero-order valence-corrected chi connectivity index (χ0v) is 21.3. The largest absolute Gasteiger partial charge is 0.472 e. The normalized spacial score (nSPS) is 10.7. The Morgan fingerprint density at radius 3 is 0.844 bits per heavy atom. The van der Waals surface area contributed by atoms with Gasteiger partial charge in [0.15, 0.2) is 14.3 Å². The Morgan fingerprint density at radius 1 is 0.406 bits per heavy atom. The van der Waals surface area contributed by atoms with Crippen molar-refractivity contribution in [3.05, 3.63) is 136 Å². The lowest BCUT2D eigenvalue weighted by Crippen LogP contribution is -3.86. The molecule has 0 unspecified atom stereocenters. The van der Waals surface area contributed by atoms with E-state index in [0.29, 0.717) is 0 Å². The molecule has 4 aromatic rings. The zero-order valence-electron chi connectivity index (χ0n) is 16.9. The van der Waals surface area contributed by atoms with Gasteiger partial charge in [-0.1, -0.05) is 72.8 Å². The van der Waals surface area contributed by atoms with Crippen LogP contribution < -0.4 is 40.5 Å². The van der Waals surface area contributed by atoms with Gasteiger partial charge in [-0.25, -0.2) is 15.7 Å². The molecule has 0 amide bonds. The van der Waals surface area contributed by atoms with Crippen molar-refractivity contribution < 1.29 is 56.2 Å². The Bertz CT molecular complexity index is 980. The fourth-order valence-corrected chi connectivity index (χ4v) is 10.6. The molecule has 0 bridgehead atoms. The first-order chi connectivity index (χ1) is 15.7. The lowest BCUT2D eigenvalue weighted by Gasteiger charge is -2.06. The first-order valence-corrected chi connectivity index (χ1v) is 15.9. The molecule has 0 saturated heterocycles. The lowest BCUT2D eigenvalue weighted by atomic mass is 10.4. The van der Waals surface area contributed by atoms with Crippen LogP contribution in [0.25, 0.3) is 0 Å². The maximum Gasteiger partial charge on any atom is 0.472 e. The molecule has 0 aliphatic rings. The summed E-state index contributed by atoms with van der Waals surface area (Å²) in [5.41, 5.74) is 0. The highest BCUT2D eigenvalue weighted by Gasteiger charge is 2.42. The number of rotatable bonds is 6. The molecule has 0 saturated carbocycles. The SMILES string of the molecule is O=C(O[I+](c1ccccc1)c1ccccc1)C(=O)O[I+](c1ccccc1)c1ccccc1. The second-order valence-corrected chi connectivity index (χ2v) is 15.1. The van der Waals surface area contributed by atoms with Crippen LogP contribution in [0.15, 0.2) is 121 Å². The minimum atomic E-state index is -2.61. The predicted octanol–water partition coefficient (Wildman–Crippen LogP) is -1.37. The number of halogens is 2. The van der Waals surface area contributed by atoms with Crippen LogP contribution in [0.5, 0.6) is 0 Å². The van der Waals surface area contributed by atoms with Crippen molar-refractivity contribution in [1.29, 1.82) is 0 Å². The van der Waals surface area contributed by atoms with Crippen molar-refractivity contribution in [2.24, 2.45) is 0 Å². The Morgan fingerprint density at radius 2 is 0.625 bits per heavy atom. The van der Waals surface area contributed by atoms with E-state index in [9.17, 15) is 9.59 Å². The fraction of sp³-hybridized carbons (Fsp3) is 0. The summed E-state index contributed by atoms with van der Waals surface area (Å²) in [7, 11) is 0. The van der Waals surface area contributed by atoms with Crippen LogP contribution in [0, 0.1) is 14.3 Å². The molecule has 4 rings (SSSR count). The predicted molar refractivity (Wildman–Crippen MR) is 113 cm³/mol. The summed E-state index contributed by atoms with van der Waals surface area (Å²) >= 11 is -5.21. The Balaban J connectivity index is 1.57. The number of carbonyl (C=O) groups excluding carboxylic acids is 2. The first-order valence-electron chi connectivity index (χ1n) is 9.77. The number of benzene rings is 4. The standard InChI is InChI=1S/C26H20I2O4/c29-25(31-27(21-13-5-1-6-14-21)22-15-7-2-8-16-22)26(30)32-28(23-17-9-3-10-18-23)24-19-11-4-12-20-24/h1-20H/q+2. The zero-order chi connectivity index (χ0) is 22.2. The second kappa shape index (κ2) is 11.2. The molecule has 6 heteroatoms. The molecule has 0 fully saturated rings. The van der Waals surface area contributed by atoms with Gasteiger partial charge in [0.2, 0.25) is 0 Å². The van der Waals surface area contributed by atoms with Crippen molar-refractivity contribution in [2.75, 3.05) is 0 Å². The summed E-state index contributed by atoms with van der Waals surface area (Å²) in [5, 5.41) is 0. The topological polar surface area (TPSA) is 52.6 Å². The van der Waals surface area contributed by atoms with E-state index < -0.39 is 52.4 Å². The number of hydrogen-bond acceptors (Lipinski definition) is 4. The van der Waals surface area contributed by atoms with Gasteiger partial charge < -0.3 is 0 Å². The van der Waals surface area contributed by atoms with E-state index in [-0.39, 0.29) is 0 Å². The van der Waals surface area contributed by atoms with Crippen molar-refractivity contribution in [1.82, 2.24) is 0 Å². The smallest absolute Gasteiger partial charge is 0.233 e. The summed E-state index contributed by atoms with van der Waals surface area (Å²) in [5.74, 6) is -1.87. The second-order valence-electron chi connectivity index (χ2n) is 6.41. The highest BCUT2D eigenvalue weighted by Crippen LogP contribution is 1.90. The summed E-state index contributed by atoms with van der Waals surface area (Å²) in [4.78, 5) is 25.7. The molecule has 0 heterocycles. The number of carbonyl (C=O) groups is 2. The molecule has 0 spiro atoms. The molecule has 4 nitrogen and oxygen atoms in total. The van der Waals surface area contributed by atoms with Crippen LogP contribution in [0.1, 0.15) is 0 Å². The van der Waals surface area contributed by atoms with Crippen molar-refractivity contribution in [3.63, 3.8) is 0 Å². The minimum Gasteiger partial charge on any atom is -0.233 e. The minimum absolute atomic E-state index is 0.933. The summed E-state index contributed by atoms with van der Waals surface area (Å²) in [6, 6.07) is 38.4. The Hall–Kier alpha value is -2.72. The van der Waals surface area contributed by atoms with Gasteiger partial charge in [0.05, 0.1) is 0 Å². The summed E-state index contributed by atoms with van der Waals surface area (Å²) < 4.78 is 15.4. The van der Waals surface area contributed by atoms with Gasteiger partial charge in [-0.2, -0.15) is 0 Å². The maximum atomic E-state index is 12.9. The van der Waals surface area contributed by atoms with Crippen molar-refractivity contribution in [3.8, 4) is 0 Å². The summed E-state index contributed by atoms with van der Waals surface area (Å²) in [6.45, 7) is 0. The third kappa shape index (κ3) is 5.74. The third-order valence-corrected chi connectivity index (χ3v) is 13.3. The Labute approximate surface area is 202 Å². The molecule has 0 aliphatic carbocycles. The van der Waals surface area contributed by atoms with E-state index in [0.717, 1.165) is 14.3 Å². The third-order valence-electron chi connectivity index (χ3n) is 4.19. The molecule has 32 heavy (non-hydrogen) atoms. The van der Waals surface area contributed by atoms with E-state index in [4.69, 9.17) is 6.13 Å². The lowest BCUT2D eigenvalue weighted by molar-refractivity contribution is -1.04. The van der Waals surface area contributed by atoms with E-state index in [1.165, 1.54) is 0 Å². The maximum absolute atomic E-state index is 12.9. The first kappa shape index (κ1) is 22.5. The quantitative estimate of drug-likeness (QED) is 0.191. The van der Waals surface area contributed by atoms with E-state index in [1.807, 2.05) is 121 Å². The molecule has 4 aromatic carbocycles. The highest BCUT2D eigenvalue weighted by atomic mass is 127. The van der Waals surface area contributed by atoms with Crippen molar-refractivity contribution in [2.45, 2.75) is 0 Å². The van der Waals surface area contributed by atoms with Crippen LogP contribution in [0.2, 0.25) is 0 Å². The van der Waals surface area contributed by atoms with Gasteiger partial charge in [-0.05, 0) is 48.5 Å². The molecular weight excluding hydrogens is 630 g/mol. The summed E-state index contributed by atoms with van der Waals surface area (Å²) in [6.07, 6.45) is 0. The van der Waals surface area contributed by atoms with E-state index in [1.54, 1.807) is 0 Å². The molecule has 2 radical (unpaired) electrons. The van der Waals surface area contributed by atoms with Crippen LogP contribution in [0.3, 0.4) is 0 Å². The van der Waals surface area contributed by atoms with Crippen LogP contribution in [-0.2, 0) is 15.7 Å². The monoisotopic (exact) mass is 650 g/mol. The fourth-order valence-electron chi connectivity index (χ4n) is 2.75. The molecule has 160 valence electrons. The highest BCUT2D eigenvalue weighted by molar-refractivity contribution is 6.29. The van der Waals surface area contributed by atoms with Gasteiger partial charge in [-0.3, -0.25) is 0 Å². The van der Waals surface area contributed by atoms with Crippen molar-refractivity contribution >= 4 is 11.9 Å². The van der Waals surface area contributed by atoms with E-state index in [2.05, 4.69) is 0 Å². The van der Waals surface area contributed by atoms with Gasteiger partial charge >= 0.3 is 52.4 Å². The van der Waals surface area contributed by atoms with Gasteiger partial charge in [-0.15, -0.1) is 0 Å². The molecule has 0 N–H and O–H groups in total. The average Bonchev–Trinajstić information content (AvgIpc) is 2.87. The van der Waals surface area contributed by atoms with Gasteiger partial charge in [0.1, 0.15) is 0 Å². The molecule has 0 aliphatic heterocycles. The van der Waals surface area contributed by atoms with Gasteiger partial charge in [0, 0.05) is 0 Å². The molecule has 0 aromatic heterocycles. The van der Waals surface area contributed by atoms with E-state index >= 15 is 0 Å². The van der Waals surface area contributed by atoms with Gasteiger partial charge in [0.25, 0.3) is 0 Å². The number of hydrogen-bond donors (Lipinski definition) is 0. The average molecular weight is 650 g/mol. The molecular formula is C26H20I2O4+2. The van der Waals surface area contributed by atoms with Crippen LogP contribution in [-0.4, -0.2) is 11.9 Å².